The molecule has 2 heterocycles. The van der Waals surface area contributed by atoms with E-state index in [2.05, 4.69) is 94.5 Å². The van der Waals surface area contributed by atoms with Gasteiger partial charge in [-0.25, -0.2) is 0 Å². The van der Waals surface area contributed by atoms with Gasteiger partial charge in [0, 0.05) is 38.1 Å². The highest BCUT2D eigenvalue weighted by molar-refractivity contribution is 6.17. The Balaban J connectivity index is 1.78. The minimum Gasteiger partial charge on any atom is -0.354 e. The second kappa shape index (κ2) is 5.12. The summed E-state index contributed by atoms with van der Waals surface area (Å²) in [6.07, 6.45) is 9.90. The van der Waals surface area contributed by atoms with Gasteiger partial charge in [0.2, 0.25) is 0 Å². The first kappa shape index (κ1) is 14.0. The van der Waals surface area contributed by atoms with Crippen molar-refractivity contribution in [1.29, 1.82) is 0 Å². The molecule has 0 radical (unpaired) electrons. The van der Waals surface area contributed by atoms with E-state index in [0.717, 1.165) is 6.42 Å². The molecule has 1 N–H and O–H groups in total. The molecule has 6 rings (SSSR count). The fourth-order valence-corrected chi connectivity index (χ4v) is 4.46. The number of hydrogen-bond donors (Lipinski definition) is 1. The van der Waals surface area contributed by atoms with E-state index in [0.29, 0.717) is 6.04 Å². The molecule has 1 aliphatic carbocycles. The predicted octanol–water partition coefficient (Wildman–Crippen LogP) is 6.49. The summed E-state index contributed by atoms with van der Waals surface area (Å²) >= 11 is 0. The van der Waals surface area contributed by atoms with Crippen molar-refractivity contribution in [2.75, 3.05) is 0 Å². The maximum Gasteiger partial charge on any atom is 0.0560 e. The lowest BCUT2D eigenvalue weighted by molar-refractivity contribution is 0.648. The van der Waals surface area contributed by atoms with Crippen LogP contribution >= 0.6 is 0 Å². The summed E-state index contributed by atoms with van der Waals surface area (Å²) in [6, 6.07) is 22.4. The van der Waals surface area contributed by atoms with Crippen molar-refractivity contribution in [2.24, 2.45) is 0 Å². The second-order valence-corrected chi connectivity index (χ2v) is 7.09. The Morgan fingerprint density at radius 1 is 0.731 bits per heavy atom. The molecule has 124 valence electrons. The maximum absolute atomic E-state index is 3.60. The highest BCUT2D eigenvalue weighted by Crippen LogP contribution is 2.38. The maximum atomic E-state index is 3.60. The molecule has 2 aromatic heterocycles. The van der Waals surface area contributed by atoms with Crippen LogP contribution in [-0.4, -0.2) is 9.55 Å². The third kappa shape index (κ3) is 1.81. The molecule has 1 atom stereocenters. The van der Waals surface area contributed by atoms with Gasteiger partial charge in [-0.3, -0.25) is 0 Å². The van der Waals surface area contributed by atoms with Crippen LogP contribution in [0.1, 0.15) is 12.5 Å². The van der Waals surface area contributed by atoms with Crippen molar-refractivity contribution in [3.05, 3.63) is 85.0 Å². The minimum atomic E-state index is 0.365. The third-order valence-corrected chi connectivity index (χ3v) is 5.63. The Kier molecular flexibility index (Phi) is 2.75. The Morgan fingerprint density at radius 3 is 2.46 bits per heavy atom. The standard InChI is InChI=1S/C24H18N2/c1-2-8-16(9-3-1)26-23-13-7-5-11-18(23)20-14-19-17-10-4-6-12-21(17)25-22(19)15-24(20)26/h1-8,10-16,25H,9H2/t16-/m1/s1. The summed E-state index contributed by atoms with van der Waals surface area (Å²) in [4.78, 5) is 3.60. The van der Waals surface area contributed by atoms with Gasteiger partial charge in [-0.2, -0.15) is 0 Å². The Labute approximate surface area is 151 Å². The van der Waals surface area contributed by atoms with E-state index in [9.17, 15) is 0 Å². The lowest BCUT2D eigenvalue weighted by Crippen LogP contribution is -2.06. The molecular formula is C24H18N2. The van der Waals surface area contributed by atoms with Crippen molar-refractivity contribution in [3.8, 4) is 0 Å². The van der Waals surface area contributed by atoms with Crippen LogP contribution in [0.25, 0.3) is 43.6 Å². The van der Waals surface area contributed by atoms with Gasteiger partial charge >= 0.3 is 0 Å². The van der Waals surface area contributed by atoms with E-state index in [1.54, 1.807) is 0 Å². The van der Waals surface area contributed by atoms with E-state index >= 15 is 0 Å². The number of hydrogen-bond acceptors (Lipinski definition) is 0. The summed E-state index contributed by atoms with van der Waals surface area (Å²) in [5.41, 5.74) is 5.02. The minimum absolute atomic E-state index is 0.365. The van der Waals surface area contributed by atoms with Gasteiger partial charge in [-0.1, -0.05) is 60.7 Å². The molecule has 0 spiro atoms. The number of H-pyrrole nitrogens is 1. The van der Waals surface area contributed by atoms with Gasteiger partial charge in [-0.15, -0.1) is 0 Å². The number of nitrogens with one attached hydrogen (secondary N) is 1. The van der Waals surface area contributed by atoms with Crippen LogP contribution in [0.4, 0.5) is 0 Å². The number of aromatic amines is 1. The van der Waals surface area contributed by atoms with E-state index in [1.165, 1.54) is 43.6 Å². The van der Waals surface area contributed by atoms with E-state index < -0.39 is 0 Å². The van der Waals surface area contributed by atoms with Crippen LogP contribution in [0.3, 0.4) is 0 Å². The number of aromatic nitrogens is 2. The highest BCUT2D eigenvalue weighted by Gasteiger charge is 2.18. The molecule has 26 heavy (non-hydrogen) atoms. The number of nitrogens with zero attached hydrogens (tertiary/aromatic N) is 1. The monoisotopic (exact) mass is 334 g/mol. The van der Waals surface area contributed by atoms with Crippen molar-refractivity contribution < 1.29 is 0 Å². The number of benzene rings is 3. The summed E-state index contributed by atoms with van der Waals surface area (Å²) in [5.74, 6) is 0. The molecule has 0 saturated heterocycles. The fraction of sp³-hybridized carbons (Fsp3) is 0.0833. The van der Waals surface area contributed by atoms with Crippen LogP contribution in [0.2, 0.25) is 0 Å². The number of para-hydroxylation sites is 2. The third-order valence-electron chi connectivity index (χ3n) is 5.63. The molecule has 2 nitrogen and oxygen atoms in total. The first-order valence-electron chi connectivity index (χ1n) is 9.16. The summed E-state index contributed by atoms with van der Waals surface area (Å²) < 4.78 is 2.50. The number of rotatable bonds is 1. The van der Waals surface area contributed by atoms with E-state index in [1.807, 2.05) is 0 Å². The summed E-state index contributed by atoms with van der Waals surface area (Å²) in [5, 5.41) is 5.26. The summed E-state index contributed by atoms with van der Waals surface area (Å²) in [7, 11) is 0. The highest BCUT2D eigenvalue weighted by atomic mass is 15.0. The van der Waals surface area contributed by atoms with Crippen molar-refractivity contribution in [3.63, 3.8) is 0 Å². The molecule has 0 aliphatic heterocycles. The lowest BCUT2D eigenvalue weighted by atomic mass is 10.1. The van der Waals surface area contributed by atoms with Crippen molar-refractivity contribution in [2.45, 2.75) is 12.5 Å². The molecule has 0 saturated carbocycles. The van der Waals surface area contributed by atoms with Crippen LogP contribution in [0.15, 0.2) is 85.0 Å². The quantitative estimate of drug-likeness (QED) is 0.362. The van der Waals surface area contributed by atoms with Gasteiger partial charge in [-0.05, 0) is 30.7 Å². The number of fused-ring (bicyclic) bond motifs is 6. The average molecular weight is 334 g/mol. The van der Waals surface area contributed by atoms with Crippen molar-refractivity contribution in [1.82, 2.24) is 9.55 Å². The summed E-state index contributed by atoms with van der Waals surface area (Å²) in [6.45, 7) is 0. The van der Waals surface area contributed by atoms with E-state index in [4.69, 9.17) is 0 Å². The van der Waals surface area contributed by atoms with Gasteiger partial charge in [0.25, 0.3) is 0 Å². The topological polar surface area (TPSA) is 20.7 Å². The zero-order valence-corrected chi connectivity index (χ0v) is 14.3. The van der Waals surface area contributed by atoms with Gasteiger partial charge < -0.3 is 9.55 Å². The largest absolute Gasteiger partial charge is 0.354 e. The second-order valence-electron chi connectivity index (χ2n) is 7.09. The lowest BCUT2D eigenvalue weighted by Gasteiger charge is -2.18. The van der Waals surface area contributed by atoms with Gasteiger partial charge in [0.15, 0.2) is 0 Å². The van der Waals surface area contributed by atoms with Crippen LogP contribution in [-0.2, 0) is 0 Å². The van der Waals surface area contributed by atoms with Crippen LogP contribution in [0.5, 0.6) is 0 Å². The first-order chi connectivity index (χ1) is 12.9. The molecule has 0 bridgehead atoms. The zero-order valence-electron chi connectivity index (χ0n) is 14.3. The van der Waals surface area contributed by atoms with Crippen molar-refractivity contribution >= 4 is 43.6 Å². The van der Waals surface area contributed by atoms with Crippen LogP contribution < -0.4 is 0 Å². The Morgan fingerprint density at radius 2 is 1.58 bits per heavy atom. The Bertz CT molecular complexity index is 1360. The molecule has 1 aliphatic rings. The molecule has 2 heteroatoms. The molecule has 3 aromatic carbocycles. The Hall–Kier alpha value is -3.26. The van der Waals surface area contributed by atoms with Crippen LogP contribution in [0, 0.1) is 0 Å². The molecular weight excluding hydrogens is 316 g/mol. The predicted molar refractivity (Wildman–Crippen MR) is 111 cm³/mol. The van der Waals surface area contributed by atoms with Gasteiger partial charge in [0.1, 0.15) is 0 Å². The average Bonchev–Trinajstić information content (AvgIpc) is 3.22. The molecule has 0 unspecified atom stereocenters. The first-order valence-corrected chi connectivity index (χ1v) is 9.16. The number of allylic oxidation sites excluding steroid dienone is 4. The molecule has 0 amide bonds. The van der Waals surface area contributed by atoms with Gasteiger partial charge in [0.05, 0.1) is 11.6 Å². The normalized spacial score (nSPS) is 17.2. The zero-order chi connectivity index (χ0) is 17.1. The molecule has 0 fully saturated rings. The fourth-order valence-electron chi connectivity index (χ4n) is 4.46. The molecule has 5 aromatic rings. The SMILES string of the molecule is C1=CC[C@H](n2c3ccccc3c3cc4c(cc32)[nH]c2ccccc24)C=C1. The smallest absolute Gasteiger partial charge is 0.0560 e. The van der Waals surface area contributed by atoms with E-state index in [-0.39, 0.29) is 0 Å².